The summed E-state index contributed by atoms with van der Waals surface area (Å²) in [7, 11) is 1.52. The average Bonchev–Trinajstić information content (AvgIpc) is 2.51. The fourth-order valence-corrected chi connectivity index (χ4v) is 1.76. The van der Waals surface area contributed by atoms with Gasteiger partial charge < -0.3 is 16.0 Å². The molecule has 4 amide bonds. The first kappa shape index (κ1) is 17.8. The van der Waals surface area contributed by atoms with Gasteiger partial charge in [-0.1, -0.05) is 18.5 Å². The number of hydrogen-bond donors (Lipinski definition) is 4. The van der Waals surface area contributed by atoms with Crippen LogP contribution in [0, 0.1) is 0 Å². The van der Waals surface area contributed by atoms with Crippen LogP contribution < -0.4 is 21.3 Å². The lowest BCUT2D eigenvalue weighted by Crippen LogP contribution is -2.42. The minimum atomic E-state index is -0.543. The summed E-state index contributed by atoms with van der Waals surface area (Å²) in [5.74, 6) is -0.766. The third kappa shape index (κ3) is 5.61. The molecule has 0 heterocycles. The molecule has 0 aliphatic carbocycles. The molecule has 0 atom stereocenters. The molecule has 1 rings (SSSR count). The smallest absolute Gasteiger partial charge is 0.321 e. The van der Waals surface area contributed by atoms with Crippen molar-refractivity contribution in [1.82, 2.24) is 16.0 Å². The van der Waals surface area contributed by atoms with Gasteiger partial charge in [0, 0.05) is 19.2 Å². The Morgan fingerprint density at radius 1 is 1.23 bits per heavy atom. The van der Waals surface area contributed by atoms with Gasteiger partial charge in [0.15, 0.2) is 0 Å². The molecule has 0 saturated carbocycles. The lowest BCUT2D eigenvalue weighted by Gasteiger charge is -2.10. The molecule has 0 bridgehead atoms. The van der Waals surface area contributed by atoms with E-state index in [0.29, 0.717) is 22.8 Å². The van der Waals surface area contributed by atoms with Crippen molar-refractivity contribution in [2.45, 2.75) is 13.3 Å². The van der Waals surface area contributed by atoms with Crippen molar-refractivity contribution in [3.05, 3.63) is 28.8 Å². The number of imide groups is 1. The molecule has 4 N–H and O–H groups in total. The molecule has 0 fully saturated rings. The lowest BCUT2D eigenvalue weighted by atomic mass is 10.2. The number of urea groups is 1. The van der Waals surface area contributed by atoms with E-state index in [4.69, 9.17) is 11.6 Å². The molecular formula is C14H19ClN4O3. The third-order valence-electron chi connectivity index (χ3n) is 2.68. The Hall–Kier alpha value is -2.28. The summed E-state index contributed by atoms with van der Waals surface area (Å²) in [6.07, 6.45) is 0.780. The van der Waals surface area contributed by atoms with Crippen molar-refractivity contribution in [2.24, 2.45) is 0 Å². The fourth-order valence-electron chi connectivity index (χ4n) is 1.58. The van der Waals surface area contributed by atoms with Gasteiger partial charge >= 0.3 is 6.03 Å². The number of hydrogen-bond acceptors (Lipinski definition) is 4. The van der Waals surface area contributed by atoms with Gasteiger partial charge in [0.2, 0.25) is 5.91 Å². The van der Waals surface area contributed by atoms with Crippen LogP contribution in [0.15, 0.2) is 18.2 Å². The van der Waals surface area contributed by atoms with Gasteiger partial charge in [-0.25, -0.2) is 4.79 Å². The zero-order chi connectivity index (χ0) is 16.5. The molecule has 0 spiro atoms. The molecule has 0 aliphatic heterocycles. The van der Waals surface area contributed by atoms with Gasteiger partial charge in [0.25, 0.3) is 5.91 Å². The van der Waals surface area contributed by atoms with E-state index in [2.05, 4.69) is 21.3 Å². The summed E-state index contributed by atoms with van der Waals surface area (Å²) in [4.78, 5) is 34.5. The zero-order valence-electron chi connectivity index (χ0n) is 12.5. The summed E-state index contributed by atoms with van der Waals surface area (Å²) in [5.41, 5.74) is 0.849. The fraction of sp³-hybridized carbons (Fsp3) is 0.357. The molecule has 0 saturated heterocycles. The number of carbonyl (C=O) groups excluding carboxylic acids is 3. The van der Waals surface area contributed by atoms with Crippen LogP contribution in [0.1, 0.15) is 23.7 Å². The Morgan fingerprint density at radius 2 is 1.95 bits per heavy atom. The van der Waals surface area contributed by atoms with Crippen LogP contribution in [0.5, 0.6) is 0 Å². The van der Waals surface area contributed by atoms with Crippen molar-refractivity contribution in [2.75, 3.05) is 25.5 Å². The SMILES string of the molecule is CCCNC(=O)NC(=O)CNc1cc(C(=O)NC)ccc1Cl. The van der Waals surface area contributed by atoms with Crippen molar-refractivity contribution < 1.29 is 14.4 Å². The molecule has 8 heteroatoms. The first-order chi connectivity index (χ1) is 10.5. The van der Waals surface area contributed by atoms with Crippen LogP contribution in [-0.4, -0.2) is 38.0 Å². The normalized spacial score (nSPS) is 9.77. The number of anilines is 1. The van der Waals surface area contributed by atoms with E-state index in [1.54, 1.807) is 12.1 Å². The molecule has 1 aromatic rings. The Bertz CT molecular complexity index is 563. The Kier molecular flexibility index (Phi) is 7.18. The zero-order valence-corrected chi connectivity index (χ0v) is 13.2. The maximum Gasteiger partial charge on any atom is 0.321 e. The van der Waals surface area contributed by atoms with Gasteiger partial charge in [0.1, 0.15) is 0 Å². The standard InChI is InChI=1S/C14H19ClN4O3/c1-3-6-17-14(22)19-12(20)8-18-11-7-9(13(21)16-2)4-5-10(11)15/h4-5,7,18H,3,6,8H2,1-2H3,(H,16,21)(H2,17,19,20,22). The Labute approximate surface area is 133 Å². The molecule has 0 aliphatic rings. The summed E-state index contributed by atoms with van der Waals surface area (Å²) >= 11 is 6.00. The Balaban J connectivity index is 2.58. The van der Waals surface area contributed by atoms with Gasteiger partial charge in [-0.2, -0.15) is 0 Å². The van der Waals surface area contributed by atoms with E-state index in [0.717, 1.165) is 6.42 Å². The number of nitrogens with one attached hydrogen (secondary N) is 4. The minimum absolute atomic E-state index is 0.142. The second kappa shape index (κ2) is 8.89. The first-order valence-corrected chi connectivity index (χ1v) is 7.19. The van der Waals surface area contributed by atoms with Gasteiger partial charge in [0.05, 0.1) is 17.3 Å². The molecule has 1 aromatic carbocycles. The molecular weight excluding hydrogens is 308 g/mol. The van der Waals surface area contributed by atoms with E-state index in [-0.39, 0.29) is 12.5 Å². The number of halogens is 1. The second-order valence-corrected chi connectivity index (χ2v) is 4.84. The second-order valence-electron chi connectivity index (χ2n) is 4.43. The van der Waals surface area contributed by atoms with E-state index < -0.39 is 11.9 Å². The van der Waals surface area contributed by atoms with Crippen LogP contribution in [-0.2, 0) is 4.79 Å². The van der Waals surface area contributed by atoms with Gasteiger partial charge in [-0.3, -0.25) is 14.9 Å². The van der Waals surface area contributed by atoms with Crippen molar-refractivity contribution >= 4 is 35.1 Å². The minimum Gasteiger partial charge on any atom is -0.375 e. The molecule has 7 nitrogen and oxygen atoms in total. The number of rotatable bonds is 6. The van der Waals surface area contributed by atoms with Crippen LogP contribution in [0.4, 0.5) is 10.5 Å². The summed E-state index contributed by atoms with van der Waals surface area (Å²) in [6, 6.07) is 4.12. The van der Waals surface area contributed by atoms with Crippen LogP contribution >= 0.6 is 11.6 Å². The predicted octanol–water partition coefficient (Wildman–Crippen LogP) is 1.35. The number of amides is 4. The van der Waals surface area contributed by atoms with Gasteiger partial charge in [-0.05, 0) is 24.6 Å². The largest absolute Gasteiger partial charge is 0.375 e. The van der Waals surface area contributed by atoms with E-state index >= 15 is 0 Å². The summed E-state index contributed by atoms with van der Waals surface area (Å²) < 4.78 is 0. The molecule has 0 unspecified atom stereocenters. The van der Waals surface area contributed by atoms with E-state index in [1.165, 1.54) is 13.1 Å². The van der Waals surface area contributed by atoms with Crippen LogP contribution in [0.3, 0.4) is 0 Å². The van der Waals surface area contributed by atoms with Crippen molar-refractivity contribution in [3.63, 3.8) is 0 Å². The van der Waals surface area contributed by atoms with E-state index in [9.17, 15) is 14.4 Å². The highest BCUT2D eigenvalue weighted by Gasteiger charge is 2.10. The average molecular weight is 327 g/mol. The van der Waals surface area contributed by atoms with Crippen molar-refractivity contribution in [1.29, 1.82) is 0 Å². The highest BCUT2D eigenvalue weighted by molar-refractivity contribution is 6.33. The maximum atomic E-state index is 11.6. The molecule has 22 heavy (non-hydrogen) atoms. The maximum absolute atomic E-state index is 11.6. The number of carbonyl (C=O) groups is 3. The topological polar surface area (TPSA) is 99.3 Å². The quantitative estimate of drug-likeness (QED) is 0.634. The monoisotopic (exact) mass is 326 g/mol. The highest BCUT2D eigenvalue weighted by atomic mass is 35.5. The predicted molar refractivity (Wildman–Crippen MR) is 85.2 cm³/mol. The molecule has 120 valence electrons. The molecule has 0 aromatic heterocycles. The molecule has 0 radical (unpaired) electrons. The van der Waals surface area contributed by atoms with E-state index in [1.807, 2.05) is 6.92 Å². The van der Waals surface area contributed by atoms with Crippen LogP contribution in [0.25, 0.3) is 0 Å². The van der Waals surface area contributed by atoms with Gasteiger partial charge in [-0.15, -0.1) is 0 Å². The summed E-state index contributed by atoms with van der Waals surface area (Å²) in [6.45, 7) is 2.26. The first-order valence-electron chi connectivity index (χ1n) is 6.81. The van der Waals surface area contributed by atoms with Crippen molar-refractivity contribution in [3.8, 4) is 0 Å². The third-order valence-corrected chi connectivity index (χ3v) is 3.01. The Morgan fingerprint density at radius 3 is 2.59 bits per heavy atom. The lowest BCUT2D eigenvalue weighted by molar-refractivity contribution is -0.118. The highest BCUT2D eigenvalue weighted by Crippen LogP contribution is 2.22. The van der Waals surface area contributed by atoms with Crippen LogP contribution in [0.2, 0.25) is 5.02 Å². The number of benzene rings is 1. The summed E-state index contributed by atoms with van der Waals surface area (Å²) in [5, 5.41) is 10.4.